The standard InChI is InChI=1S/C17H19ClN2O2S/c1-14-7-8-15(18)13-17(14)19-9-11-20(12-10-19)23(21,22)16-5-3-2-4-6-16/h2-8,13H,9-12H2,1H3/p+1. The molecule has 6 heteroatoms. The third kappa shape index (κ3) is 3.43. The zero-order valence-electron chi connectivity index (χ0n) is 13.0. The van der Waals surface area contributed by atoms with Crippen molar-refractivity contribution in [2.45, 2.75) is 11.8 Å². The summed E-state index contributed by atoms with van der Waals surface area (Å²) in [6.45, 7) is 4.57. The van der Waals surface area contributed by atoms with Gasteiger partial charge in [-0.15, -0.1) is 0 Å². The number of aryl methyl sites for hydroxylation is 1. The summed E-state index contributed by atoms with van der Waals surface area (Å²) in [4.78, 5) is 1.65. The normalized spacial score (nSPS) is 17.3. The van der Waals surface area contributed by atoms with Crippen LogP contribution in [0.2, 0.25) is 5.02 Å². The molecule has 1 fully saturated rings. The van der Waals surface area contributed by atoms with Crippen LogP contribution in [-0.4, -0.2) is 38.9 Å². The highest BCUT2D eigenvalue weighted by Crippen LogP contribution is 2.18. The first-order valence-corrected chi connectivity index (χ1v) is 9.47. The second-order valence-corrected chi connectivity index (χ2v) is 8.15. The van der Waals surface area contributed by atoms with Crippen LogP contribution >= 0.6 is 11.6 Å². The molecule has 2 aromatic carbocycles. The van der Waals surface area contributed by atoms with Crippen molar-refractivity contribution in [3.8, 4) is 0 Å². The van der Waals surface area contributed by atoms with Crippen LogP contribution in [0.4, 0.5) is 5.69 Å². The molecule has 0 radical (unpaired) electrons. The van der Waals surface area contributed by atoms with Gasteiger partial charge in [0.15, 0.2) is 0 Å². The minimum absolute atomic E-state index is 0.363. The fourth-order valence-corrected chi connectivity index (χ4v) is 4.62. The van der Waals surface area contributed by atoms with Crippen molar-refractivity contribution >= 4 is 27.3 Å². The number of hydrogen-bond acceptors (Lipinski definition) is 2. The summed E-state index contributed by atoms with van der Waals surface area (Å²) in [7, 11) is -3.39. The van der Waals surface area contributed by atoms with Gasteiger partial charge in [0.25, 0.3) is 0 Å². The van der Waals surface area contributed by atoms with Crippen LogP contribution < -0.4 is 4.90 Å². The molecular formula is C17H20ClN2O2S+. The topological polar surface area (TPSA) is 41.8 Å². The summed E-state index contributed by atoms with van der Waals surface area (Å²) in [6.07, 6.45) is 0. The smallest absolute Gasteiger partial charge is 0.243 e. The van der Waals surface area contributed by atoms with Gasteiger partial charge in [-0.25, -0.2) is 8.42 Å². The molecule has 1 aliphatic rings. The minimum atomic E-state index is -3.39. The maximum atomic E-state index is 12.6. The zero-order valence-corrected chi connectivity index (χ0v) is 14.6. The Bertz CT molecular complexity index is 785. The predicted molar refractivity (Wildman–Crippen MR) is 91.7 cm³/mol. The molecule has 4 nitrogen and oxygen atoms in total. The Labute approximate surface area is 142 Å². The summed E-state index contributed by atoms with van der Waals surface area (Å²) in [5.74, 6) is 0. The molecule has 0 unspecified atom stereocenters. The molecule has 3 rings (SSSR count). The Morgan fingerprint density at radius 2 is 1.70 bits per heavy atom. The third-order valence-electron chi connectivity index (χ3n) is 4.29. The summed E-state index contributed by atoms with van der Waals surface area (Å²) in [5.41, 5.74) is 2.35. The van der Waals surface area contributed by atoms with E-state index in [2.05, 4.69) is 6.92 Å². The number of sulfonamides is 1. The lowest BCUT2D eigenvalue weighted by Gasteiger charge is -2.31. The molecule has 1 N–H and O–H groups in total. The molecule has 0 bridgehead atoms. The Kier molecular flexibility index (Phi) is 4.73. The molecule has 1 aliphatic heterocycles. The van der Waals surface area contributed by atoms with Crippen molar-refractivity contribution in [2.75, 3.05) is 26.2 Å². The van der Waals surface area contributed by atoms with E-state index in [1.165, 1.54) is 10.5 Å². The number of piperazine rings is 1. The molecule has 0 saturated carbocycles. The van der Waals surface area contributed by atoms with Crippen LogP contribution in [0.25, 0.3) is 0 Å². The van der Waals surface area contributed by atoms with E-state index in [1.54, 1.807) is 28.6 Å². The number of rotatable bonds is 3. The van der Waals surface area contributed by atoms with Gasteiger partial charge in [-0.3, -0.25) is 0 Å². The highest BCUT2D eigenvalue weighted by molar-refractivity contribution is 7.89. The van der Waals surface area contributed by atoms with Crippen LogP contribution in [0.1, 0.15) is 5.56 Å². The summed E-state index contributed by atoms with van der Waals surface area (Å²) in [6, 6.07) is 14.5. The highest BCUT2D eigenvalue weighted by atomic mass is 35.5. The second kappa shape index (κ2) is 6.61. The van der Waals surface area contributed by atoms with E-state index in [0.29, 0.717) is 18.0 Å². The molecule has 0 atom stereocenters. The SMILES string of the molecule is Cc1ccc(Cl)cc1[NH+]1CCN(S(=O)(=O)c2ccccc2)CC1. The lowest BCUT2D eigenvalue weighted by Crippen LogP contribution is -3.10. The van der Waals surface area contributed by atoms with Gasteiger partial charge >= 0.3 is 0 Å². The van der Waals surface area contributed by atoms with Crippen LogP contribution in [0.3, 0.4) is 0 Å². The van der Waals surface area contributed by atoms with E-state index in [1.807, 2.05) is 24.3 Å². The van der Waals surface area contributed by atoms with Gasteiger partial charge < -0.3 is 4.90 Å². The van der Waals surface area contributed by atoms with Crippen molar-refractivity contribution in [3.05, 3.63) is 59.1 Å². The zero-order chi connectivity index (χ0) is 16.4. The lowest BCUT2D eigenvalue weighted by atomic mass is 10.1. The van der Waals surface area contributed by atoms with Crippen LogP contribution in [0, 0.1) is 6.92 Å². The molecule has 1 saturated heterocycles. The van der Waals surface area contributed by atoms with Gasteiger partial charge in [-0.1, -0.05) is 35.9 Å². The minimum Gasteiger partial charge on any atom is -0.300 e. The Morgan fingerprint density at radius 3 is 2.35 bits per heavy atom. The molecule has 0 aromatic heterocycles. The molecule has 122 valence electrons. The molecule has 0 spiro atoms. The largest absolute Gasteiger partial charge is 0.300 e. The maximum Gasteiger partial charge on any atom is 0.243 e. The first-order chi connectivity index (χ1) is 11.0. The van der Waals surface area contributed by atoms with Crippen LogP contribution in [0.15, 0.2) is 53.4 Å². The van der Waals surface area contributed by atoms with E-state index < -0.39 is 10.0 Å². The van der Waals surface area contributed by atoms with Crippen molar-refractivity contribution in [1.82, 2.24) is 4.31 Å². The number of halogens is 1. The second-order valence-electron chi connectivity index (χ2n) is 5.78. The number of nitrogens with one attached hydrogen (secondary N) is 1. The van der Waals surface area contributed by atoms with E-state index in [-0.39, 0.29) is 0 Å². The van der Waals surface area contributed by atoms with Crippen molar-refractivity contribution in [3.63, 3.8) is 0 Å². The molecule has 0 amide bonds. The van der Waals surface area contributed by atoms with Gasteiger partial charge in [0.1, 0.15) is 5.69 Å². The van der Waals surface area contributed by atoms with Crippen molar-refractivity contribution < 1.29 is 13.3 Å². The molecule has 23 heavy (non-hydrogen) atoms. The average Bonchev–Trinajstić information content (AvgIpc) is 2.58. The van der Waals surface area contributed by atoms with Crippen molar-refractivity contribution in [1.29, 1.82) is 0 Å². The maximum absolute atomic E-state index is 12.6. The first kappa shape index (κ1) is 16.5. The summed E-state index contributed by atoms with van der Waals surface area (Å²) in [5, 5.41) is 0.720. The molecule has 2 aromatic rings. The number of quaternary nitrogens is 1. The highest BCUT2D eigenvalue weighted by Gasteiger charge is 2.31. The molecule has 0 aliphatic carbocycles. The number of benzene rings is 2. The van der Waals surface area contributed by atoms with E-state index in [4.69, 9.17) is 11.6 Å². The van der Waals surface area contributed by atoms with Gasteiger partial charge in [0.05, 0.1) is 31.1 Å². The van der Waals surface area contributed by atoms with E-state index >= 15 is 0 Å². The van der Waals surface area contributed by atoms with Crippen LogP contribution in [-0.2, 0) is 10.0 Å². The monoisotopic (exact) mass is 351 g/mol. The Morgan fingerprint density at radius 1 is 1.04 bits per heavy atom. The number of hydrogen-bond donors (Lipinski definition) is 1. The fraction of sp³-hybridized carbons (Fsp3) is 0.294. The number of nitrogens with zero attached hydrogens (tertiary/aromatic N) is 1. The van der Waals surface area contributed by atoms with Crippen molar-refractivity contribution in [2.24, 2.45) is 0 Å². The Balaban J connectivity index is 1.75. The van der Waals surface area contributed by atoms with Gasteiger partial charge in [0.2, 0.25) is 10.0 Å². The quantitative estimate of drug-likeness (QED) is 0.917. The van der Waals surface area contributed by atoms with E-state index in [9.17, 15) is 8.42 Å². The first-order valence-electron chi connectivity index (χ1n) is 7.65. The predicted octanol–water partition coefficient (Wildman–Crippen LogP) is 1.87. The van der Waals surface area contributed by atoms with Gasteiger partial charge in [0, 0.05) is 16.7 Å². The van der Waals surface area contributed by atoms with E-state index in [0.717, 1.165) is 23.8 Å². The summed E-state index contributed by atoms with van der Waals surface area (Å²) < 4.78 is 26.9. The molecular weight excluding hydrogens is 332 g/mol. The molecule has 1 heterocycles. The Hall–Kier alpha value is -1.40. The van der Waals surface area contributed by atoms with Crippen LogP contribution in [0.5, 0.6) is 0 Å². The summed E-state index contributed by atoms with van der Waals surface area (Å²) >= 11 is 6.10. The fourth-order valence-electron chi connectivity index (χ4n) is 2.98. The van der Waals surface area contributed by atoms with Gasteiger partial charge in [-0.2, -0.15) is 4.31 Å². The third-order valence-corrected chi connectivity index (χ3v) is 6.44. The lowest BCUT2D eigenvalue weighted by molar-refractivity contribution is -0.837. The van der Waals surface area contributed by atoms with Gasteiger partial charge in [-0.05, 0) is 25.1 Å². The average molecular weight is 352 g/mol.